The Morgan fingerprint density at radius 2 is 1.89 bits per heavy atom. The van der Waals surface area contributed by atoms with E-state index in [1.807, 2.05) is 12.1 Å². The molecule has 0 fully saturated rings. The van der Waals surface area contributed by atoms with Crippen molar-refractivity contribution in [1.82, 2.24) is 9.97 Å². The molecule has 2 heterocycles. The predicted octanol–water partition coefficient (Wildman–Crippen LogP) is 3.12. The number of nitrogens with zero attached hydrogens (tertiary/aromatic N) is 2. The fraction of sp³-hybridized carbons (Fsp3) is 0. The van der Waals surface area contributed by atoms with Gasteiger partial charge >= 0.3 is 0 Å². The van der Waals surface area contributed by atoms with Gasteiger partial charge in [-0.05, 0) is 30.3 Å². The van der Waals surface area contributed by atoms with Crippen molar-refractivity contribution >= 4 is 5.69 Å². The summed E-state index contributed by atoms with van der Waals surface area (Å²) < 4.78 is 18.6. The second-order valence-electron chi connectivity index (χ2n) is 4.00. The van der Waals surface area contributed by atoms with Crippen molar-refractivity contribution in [3.63, 3.8) is 0 Å². The number of nitrogens with two attached hydrogens (primary N) is 1. The molecule has 3 aromatic rings. The number of pyridine rings is 1. The number of hydrogen-bond donors (Lipinski definition) is 1. The van der Waals surface area contributed by atoms with Crippen LogP contribution in [-0.4, -0.2) is 9.97 Å². The van der Waals surface area contributed by atoms with Crippen LogP contribution in [0.4, 0.5) is 10.1 Å². The maximum absolute atomic E-state index is 13.0. The van der Waals surface area contributed by atoms with Gasteiger partial charge in [-0.15, -0.1) is 0 Å². The smallest absolute Gasteiger partial charge is 0.228 e. The van der Waals surface area contributed by atoms with Crippen molar-refractivity contribution in [3.05, 3.63) is 54.7 Å². The topological polar surface area (TPSA) is 64.9 Å². The molecule has 0 unspecified atom stereocenters. The van der Waals surface area contributed by atoms with Crippen LogP contribution in [0.5, 0.6) is 0 Å². The molecule has 0 spiro atoms. The van der Waals surface area contributed by atoms with E-state index in [1.54, 1.807) is 24.7 Å². The number of hydrogen-bond acceptors (Lipinski definition) is 4. The maximum atomic E-state index is 13.0. The van der Waals surface area contributed by atoms with E-state index in [4.69, 9.17) is 10.2 Å². The first kappa shape index (κ1) is 11.4. The fourth-order valence-electron chi connectivity index (χ4n) is 1.78. The van der Waals surface area contributed by atoms with Crippen LogP contribution in [0.15, 0.2) is 53.3 Å². The maximum Gasteiger partial charge on any atom is 0.228 e. The molecule has 5 heteroatoms. The minimum atomic E-state index is -0.387. The lowest BCUT2D eigenvalue weighted by molar-refractivity contribution is 0.588. The number of benzene rings is 1. The van der Waals surface area contributed by atoms with Gasteiger partial charge in [-0.25, -0.2) is 9.37 Å². The molecule has 0 atom stereocenters. The van der Waals surface area contributed by atoms with Crippen molar-refractivity contribution in [3.8, 4) is 22.8 Å². The monoisotopic (exact) mass is 255 g/mol. The van der Waals surface area contributed by atoms with E-state index >= 15 is 0 Å². The largest absolute Gasteiger partial charge is 0.436 e. The number of nitrogen functional groups attached to an aromatic ring is 1. The van der Waals surface area contributed by atoms with E-state index in [9.17, 15) is 4.39 Å². The van der Waals surface area contributed by atoms with E-state index < -0.39 is 0 Å². The van der Waals surface area contributed by atoms with Gasteiger partial charge in [0.15, 0.2) is 5.76 Å². The average Bonchev–Trinajstić information content (AvgIpc) is 2.89. The average molecular weight is 255 g/mol. The Morgan fingerprint density at radius 3 is 2.63 bits per heavy atom. The lowest BCUT2D eigenvalue weighted by Gasteiger charge is -2.01. The summed E-state index contributed by atoms with van der Waals surface area (Å²) in [5.74, 6) is 0.590. The van der Waals surface area contributed by atoms with Gasteiger partial charge in [0.05, 0.1) is 11.8 Å². The van der Waals surface area contributed by atoms with Crippen LogP contribution in [0, 0.1) is 5.82 Å². The van der Waals surface area contributed by atoms with E-state index in [-0.39, 0.29) is 5.82 Å². The molecule has 0 amide bonds. The molecular weight excluding hydrogens is 245 g/mol. The summed E-state index contributed by atoms with van der Waals surface area (Å²) in [5.41, 5.74) is 7.49. The normalized spacial score (nSPS) is 10.6. The SMILES string of the molecule is Nc1cc(F)ccc1-c1ncc(-c2ccncc2)o1. The highest BCUT2D eigenvalue weighted by Crippen LogP contribution is 2.29. The van der Waals surface area contributed by atoms with Crippen LogP contribution < -0.4 is 5.73 Å². The predicted molar refractivity (Wildman–Crippen MR) is 69.5 cm³/mol. The molecular formula is C14H10FN3O. The number of halogens is 1. The third-order valence-electron chi connectivity index (χ3n) is 2.71. The van der Waals surface area contributed by atoms with Crippen molar-refractivity contribution < 1.29 is 8.81 Å². The summed E-state index contributed by atoms with van der Waals surface area (Å²) in [5, 5.41) is 0. The van der Waals surface area contributed by atoms with Gasteiger partial charge in [-0.1, -0.05) is 0 Å². The van der Waals surface area contributed by atoms with Gasteiger partial charge in [0, 0.05) is 23.6 Å². The van der Waals surface area contributed by atoms with Crippen LogP contribution in [0.25, 0.3) is 22.8 Å². The molecule has 0 aliphatic heterocycles. The van der Waals surface area contributed by atoms with Crippen LogP contribution in [-0.2, 0) is 0 Å². The molecule has 0 bridgehead atoms. The minimum Gasteiger partial charge on any atom is -0.436 e. The van der Waals surface area contributed by atoms with Crippen molar-refractivity contribution in [2.75, 3.05) is 5.73 Å². The molecule has 0 saturated heterocycles. The van der Waals surface area contributed by atoms with Gasteiger partial charge in [-0.2, -0.15) is 0 Å². The summed E-state index contributed by atoms with van der Waals surface area (Å²) in [7, 11) is 0. The van der Waals surface area contributed by atoms with Crippen LogP contribution >= 0.6 is 0 Å². The fourth-order valence-corrected chi connectivity index (χ4v) is 1.78. The zero-order chi connectivity index (χ0) is 13.2. The summed E-state index contributed by atoms with van der Waals surface area (Å²) in [6, 6.07) is 7.75. The number of oxazole rings is 1. The Bertz CT molecular complexity index is 710. The molecule has 2 aromatic heterocycles. The molecule has 0 saturated carbocycles. The van der Waals surface area contributed by atoms with Crippen molar-refractivity contribution in [1.29, 1.82) is 0 Å². The summed E-state index contributed by atoms with van der Waals surface area (Å²) in [4.78, 5) is 8.10. The van der Waals surface area contributed by atoms with Crippen molar-refractivity contribution in [2.24, 2.45) is 0 Å². The Labute approximate surface area is 108 Å². The lowest BCUT2D eigenvalue weighted by Crippen LogP contribution is -1.91. The zero-order valence-electron chi connectivity index (χ0n) is 9.88. The van der Waals surface area contributed by atoms with E-state index in [0.717, 1.165) is 5.56 Å². The molecule has 0 aliphatic carbocycles. The minimum absolute atomic E-state index is 0.295. The lowest BCUT2D eigenvalue weighted by atomic mass is 10.2. The van der Waals surface area contributed by atoms with Gasteiger partial charge in [0.1, 0.15) is 5.82 Å². The molecule has 94 valence electrons. The van der Waals surface area contributed by atoms with Crippen LogP contribution in [0.2, 0.25) is 0 Å². The number of rotatable bonds is 2. The second kappa shape index (κ2) is 4.53. The summed E-state index contributed by atoms with van der Waals surface area (Å²) in [6.45, 7) is 0. The third-order valence-corrected chi connectivity index (χ3v) is 2.71. The first-order valence-electron chi connectivity index (χ1n) is 5.65. The van der Waals surface area contributed by atoms with Gasteiger partial charge < -0.3 is 10.2 Å². The van der Waals surface area contributed by atoms with Crippen LogP contribution in [0.3, 0.4) is 0 Å². The van der Waals surface area contributed by atoms with Crippen molar-refractivity contribution in [2.45, 2.75) is 0 Å². The summed E-state index contributed by atoms with van der Waals surface area (Å²) >= 11 is 0. The first-order chi connectivity index (χ1) is 9.24. The van der Waals surface area contributed by atoms with Gasteiger partial charge in [-0.3, -0.25) is 4.98 Å². The van der Waals surface area contributed by atoms with Gasteiger partial charge in [0.25, 0.3) is 0 Å². The van der Waals surface area contributed by atoms with Gasteiger partial charge in [0.2, 0.25) is 5.89 Å². The molecule has 3 rings (SSSR count). The Morgan fingerprint density at radius 1 is 1.11 bits per heavy atom. The number of aromatic nitrogens is 2. The highest BCUT2D eigenvalue weighted by atomic mass is 19.1. The first-order valence-corrected chi connectivity index (χ1v) is 5.65. The highest BCUT2D eigenvalue weighted by Gasteiger charge is 2.11. The number of anilines is 1. The second-order valence-corrected chi connectivity index (χ2v) is 4.00. The van der Waals surface area contributed by atoms with E-state index in [1.165, 1.54) is 12.1 Å². The Hall–Kier alpha value is -2.69. The molecule has 4 nitrogen and oxygen atoms in total. The third kappa shape index (κ3) is 2.18. The van der Waals surface area contributed by atoms with E-state index in [0.29, 0.717) is 22.9 Å². The molecule has 2 N–H and O–H groups in total. The highest BCUT2D eigenvalue weighted by molar-refractivity contribution is 5.71. The zero-order valence-corrected chi connectivity index (χ0v) is 9.88. The standard InChI is InChI=1S/C14H10FN3O/c15-10-1-2-11(12(16)7-10)14-18-8-13(19-14)9-3-5-17-6-4-9/h1-8H,16H2. The molecule has 0 radical (unpaired) electrons. The van der Waals surface area contributed by atoms with Crippen LogP contribution in [0.1, 0.15) is 0 Å². The van der Waals surface area contributed by atoms with E-state index in [2.05, 4.69) is 9.97 Å². The quantitative estimate of drug-likeness (QED) is 0.714. The summed E-state index contributed by atoms with van der Waals surface area (Å²) in [6.07, 6.45) is 4.95. The molecule has 19 heavy (non-hydrogen) atoms. The Kier molecular flexibility index (Phi) is 2.72. The molecule has 1 aromatic carbocycles. The Balaban J connectivity index is 2.02. The molecule has 0 aliphatic rings.